The number of nitrogens with one attached hydrogen (secondary N) is 1. The molecule has 0 aliphatic heterocycles. The Morgan fingerprint density at radius 2 is 2.00 bits per heavy atom. The average molecular weight is 327 g/mol. The molecule has 0 saturated carbocycles. The summed E-state index contributed by atoms with van der Waals surface area (Å²) in [5, 5.41) is 4.64. The van der Waals surface area contributed by atoms with Gasteiger partial charge in [-0.1, -0.05) is 23.7 Å². The highest BCUT2D eigenvalue weighted by atomic mass is 35.5. The molecule has 116 valence electrons. The lowest BCUT2D eigenvalue weighted by Gasteiger charge is -2.02. The summed E-state index contributed by atoms with van der Waals surface area (Å²) in [5.74, 6) is -0.302. The summed E-state index contributed by atoms with van der Waals surface area (Å²) in [6.45, 7) is 3.79. The number of carbonyl (C=O) groups is 1. The number of imidazole rings is 1. The van der Waals surface area contributed by atoms with Gasteiger partial charge in [-0.05, 0) is 49.2 Å². The Morgan fingerprint density at radius 1 is 1.26 bits per heavy atom. The monoisotopic (exact) mass is 326 g/mol. The van der Waals surface area contributed by atoms with Crippen LogP contribution in [-0.4, -0.2) is 21.5 Å². The average Bonchev–Trinajstić information content (AvgIpc) is 2.84. The molecule has 0 atom stereocenters. The van der Waals surface area contributed by atoms with Crippen molar-refractivity contribution in [2.75, 3.05) is 0 Å². The number of rotatable bonds is 3. The number of nitrogens with zero attached hydrogens (tertiary/aromatic N) is 3. The van der Waals surface area contributed by atoms with Gasteiger partial charge in [0.1, 0.15) is 11.3 Å². The van der Waals surface area contributed by atoms with Gasteiger partial charge >= 0.3 is 0 Å². The summed E-state index contributed by atoms with van der Waals surface area (Å²) in [4.78, 5) is 16.8. The molecule has 2 aromatic heterocycles. The molecule has 0 spiro atoms. The van der Waals surface area contributed by atoms with Crippen LogP contribution in [0, 0.1) is 13.8 Å². The Balaban J connectivity index is 1.81. The molecule has 1 amide bonds. The third-order valence-corrected chi connectivity index (χ3v) is 3.67. The quantitative estimate of drug-likeness (QED) is 0.592. The van der Waals surface area contributed by atoms with Gasteiger partial charge in [-0.15, -0.1) is 0 Å². The van der Waals surface area contributed by atoms with E-state index in [0.717, 1.165) is 16.8 Å². The van der Waals surface area contributed by atoms with Crippen molar-refractivity contribution in [3.8, 4) is 0 Å². The predicted octanol–water partition coefficient (Wildman–Crippen LogP) is 3.37. The van der Waals surface area contributed by atoms with Crippen molar-refractivity contribution < 1.29 is 4.79 Å². The fraction of sp³-hybridized carbons (Fsp3) is 0.118. The fourth-order valence-corrected chi connectivity index (χ4v) is 2.43. The molecule has 1 N–H and O–H groups in total. The van der Waals surface area contributed by atoms with E-state index in [0.29, 0.717) is 16.4 Å². The van der Waals surface area contributed by atoms with Gasteiger partial charge in [-0.3, -0.25) is 9.20 Å². The number of fused-ring (bicyclic) bond motifs is 1. The van der Waals surface area contributed by atoms with Gasteiger partial charge in [0, 0.05) is 11.2 Å². The lowest BCUT2D eigenvalue weighted by Crippen LogP contribution is -2.20. The molecule has 2 heterocycles. The number of hydrogen-bond donors (Lipinski definition) is 1. The molecular weight excluding hydrogens is 312 g/mol. The number of carbonyl (C=O) groups excluding carboxylic acids is 1. The van der Waals surface area contributed by atoms with Gasteiger partial charge in [0.25, 0.3) is 5.91 Å². The predicted molar refractivity (Wildman–Crippen MR) is 91.2 cm³/mol. The topological polar surface area (TPSA) is 58.8 Å². The van der Waals surface area contributed by atoms with Crippen molar-refractivity contribution in [2.45, 2.75) is 13.8 Å². The molecule has 0 radical (unpaired) electrons. The molecule has 6 heteroatoms. The molecule has 0 saturated heterocycles. The smallest absolute Gasteiger partial charge is 0.290 e. The standard InChI is InChI=1S/C17H15ClN4O/c1-11-7-8-22-15(9-11)20-12(2)16(22)17(23)21-19-10-13-3-5-14(18)6-4-13/h3-10H,1-2H3,(H,21,23). The lowest BCUT2D eigenvalue weighted by molar-refractivity contribution is 0.0948. The van der Waals surface area contributed by atoms with Crippen LogP contribution in [0.15, 0.2) is 47.7 Å². The Hall–Kier alpha value is -2.66. The van der Waals surface area contributed by atoms with Crippen molar-refractivity contribution >= 4 is 29.4 Å². The van der Waals surface area contributed by atoms with Crippen LogP contribution in [-0.2, 0) is 0 Å². The maximum absolute atomic E-state index is 12.4. The second kappa shape index (κ2) is 6.22. The molecule has 3 aromatic rings. The van der Waals surface area contributed by atoms with Gasteiger partial charge in [0.2, 0.25) is 0 Å². The number of amides is 1. The molecule has 0 aliphatic rings. The molecule has 0 aliphatic carbocycles. The maximum Gasteiger partial charge on any atom is 0.290 e. The normalized spacial score (nSPS) is 11.3. The van der Waals surface area contributed by atoms with Crippen LogP contribution < -0.4 is 5.43 Å². The fourth-order valence-electron chi connectivity index (χ4n) is 2.31. The minimum Gasteiger partial charge on any atom is -0.295 e. The van der Waals surface area contributed by atoms with Crippen LogP contribution in [0.2, 0.25) is 5.02 Å². The molecule has 5 nitrogen and oxygen atoms in total. The van der Waals surface area contributed by atoms with Gasteiger partial charge in [-0.25, -0.2) is 10.4 Å². The summed E-state index contributed by atoms with van der Waals surface area (Å²) < 4.78 is 1.76. The highest BCUT2D eigenvalue weighted by Gasteiger charge is 2.15. The molecule has 0 bridgehead atoms. The molecule has 23 heavy (non-hydrogen) atoms. The van der Waals surface area contributed by atoms with Crippen molar-refractivity contribution in [1.29, 1.82) is 0 Å². The molecule has 0 fully saturated rings. The van der Waals surface area contributed by atoms with E-state index in [-0.39, 0.29) is 5.91 Å². The van der Waals surface area contributed by atoms with Crippen LogP contribution in [0.1, 0.15) is 27.3 Å². The summed E-state index contributed by atoms with van der Waals surface area (Å²) in [7, 11) is 0. The number of halogens is 1. The minimum atomic E-state index is -0.302. The first-order valence-corrected chi connectivity index (χ1v) is 7.46. The Bertz CT molecular complexity index is 897. The van der Waals surface area contributed by atoms with Crippen molar-refractivity contribution in [1.82, 2.24) is 14.8 Å². The van der Waals surface area contributed by atoms with Gasteiger partial charge in [-0.2, -0.15) is 5.10 Å². The number of benzene rings is 1. The number of hydrazone groups is 1. The highest BCUT2D eigenvalue weighted by Crippen LogP contribution is 2.13. The number of hydrogen-bond acceptors (Lipinski definition) is 3. The first-order chi connectivity index (χ1) is 11.0. The van der Waals surface area contributed by atoms with Crippen LogP contribution in [0.5, 0.6) is 0 Å². The van der Waals surface area contributed by atoms with Crippen LogP contribution in [0.25, 0.3) is 5.65 Å². The van der Waals surface area contributed by atoms with Crippen molar-refractivity contribution in [2.24, 2.45) is 5.10 Å². The SMILES string of the molecule is Cc1ccn2c(C(=O)NN=Cc3ccc(Cl)cc3)c(C)nc2c1. The van der Waals surface area contributed by atoms with E-state index in [1.165, 1.54) is 0 Å². The zero-order chi connectivity index (χ0) is 16.4. The lowest BCUT2D eigenvalue weighted by atomic mass is 10.2. The summed E-state index contributed by atoms with van der Waals surface area (Å²) in [5.41, 5.74) is 6.36. The van der Waals surface area contributed by atoms with E-state index >= 15 is 0 Å². The number of pyridine rings is 1. The first-order valence-electron chi connectivity index (χ1n) is 7.09. The van der Waals surface area contributed by atoms with E-state index in [4.69, 9.17) is 11.6 Å². The third kappa shape index (κ3) is 3.24. The van der Waals surface area contributed by atoms with Crippen LogP contribution >= 0.6 is 11.6 Å². The largest absolute Gasteiger partial charge is 0.295 e. The highest BCUT2D eigenvalue weighted by molar-refractivity contribution is 6.30. The summed E-state index contributed by atoms with van der Waals surface area (Å²) >= 11 is 5.82. The first kappa shape index (κ1) is 15.2. The van der Waals surface area contributed by atoms with E-state index in [2.05, 4.69) is 15.5 Å². The molecule has 3 rings (SSSR count). The Morgan fingerprint density at radius 3 is 2.74 bits per heavy atom. The second-order valence-electron chi connectivity index (χ2n) is 5.23. The van der Waals surface area contributed by atoms with Crippen molar-refractivity contribution in [3.05, 3.63) is 70.1 Å². The third-order valence-electron chi connectivity index (χ3n) is 3.42. The van der Waals surface area contributed by atoms with E-state index in [1.807, 2.05) is 37.4 Å². The van der Waals surface area contributed by atoms with E-state index < -0.39 is 0 Å². The summed E-state index contributed by atoms with van der Waals surface area (Å²) in [6, 6.07) is 11.0. The number of aryl methyl sites for hydroxylation is 2. The van der Waals surface area contributed by atoms with Gasteiger partial charge in [0.15, 0.2) is 0 Å². The Labute approximate surface area is 138 Å². The minimum absolute atomic E-state index is 0.302. The Kier molecular flexibility index (Phi) is 4.12. The zero-order valence-corrected chi connectivity index (χ0v) is 13.5. The van der Waals surface area contributed by atoms with Crippen LogP contribution in [0.4, 0.5) is 0 Å². The van der Waals surface area contributed by atoms with Crippen LogP contribution in [0.3, 0.4) is 0 Å². The summed E-state index contributed by atoms with van der Waals surface area (Å²) in [6.07, 6.45) is 3.40. The van der Waals surface area contributed by atoms with E-state index in [1.54, 1.807) is 29.7 Å². The molecule has 1 aromatic carbocycles. The van der Waals surface area contributed by atoms with Crippen molar-refractivity contribution in [3.63, 3.8) is 0 Å². The second-order valence-corrected chi connectivity index (χ2v) is 5.67. The van der Waals surface area contributed by atoms with Gasteiger partial charge in [0.05, 0.1) is 11.9 Å². The van der Waals surface area contributed by atoms with Gasteiger partial charge < -0.3 is 0 Å². The number of aromatic nitrogens is 2. The maximum atomic E-state index is 12.4. The molecular formula is C17H15ClN4O. The zero-order valence-electron chi connectivity index (χ0n) is 12.7. The van der Waals surface area contributed by atoms with E-state index in [9.17, 15) is 4.79 Å². The molecule has 0 unspecified atom stereocenters.